The molecule has 2 saturated heterocycles. The number of rotatable bonds is 3. The fourth-order valence-electron chi connectivity index (χ4n) is 7.30. The topological polar surface area (TPSA) is 95.0 Å². The molecule has 2 aliphatic carbocycles. The molecule has 36 heavy (non-hydrogen) atoms. The molecule has 2 heterocycles. The van der Waals surface area contributed by atoms with Gasteiger partial charge in [-0.3, -0.25) is 24.1 Å². The van der Waals surface area contributed by atoms with Crippen LogP contribution in [0.5, 0.6) is 5.75 Å². The number of phenolic OH excluding ortho intramolecular Hbond substituents is 1. The number of imide groups is 2. The Bertz CT molecular complexity index is 1330. The molecular formula is C29H28N2O5. The molecule has 2 aliphatic heterocycles. The molecule has 2 aromatic rings. The zero-order valence-corrected chi connectivity index (χ0v) is 20.3. The summed E-state index contributed by atoms with van der Waals surface area (Å²) in [4.78, 5) is 57.1. The van der Waals surface area contributed by atoms with Gasteiger partial charge in [-0.1, -0.05) is 42.0 Å². The van der Waals surface area contributed by atoms with Crippen molar-refractivity contribution in [1.29, 1.82) is 0 Å². The fourth-order valence-corrected chi connectivity index (χ4v) is 7.30. The summed E-state index contributed by atoms with van der Waals surface area (Å²) in [6.45, 7) is 3.97. The van der Waals surface area contributed by atoms with Crippen LogP contribution < -0.4 is 4.90 Å². The summed E-state index contributed by atoms with van der Waals surface area (Å²) in [5.41, 5.74) is 1.09. The molecule has 1 N–H and O–H groups in total. The number of carbonyl (C=O) groups excluding carboxylic acids is 4. The molecule has 7 nitrogen and oxygen atoms in total. The van der Waals surface area contributed by atoms with Crippen LogP contribution in [0.2, 0.25) is 0 Å². The first-order valence-corrected chi connectivity index (χ1v) is 12.6. The zero-order chi connectivity index (χ0) is 25.4. The number of nitrogens with zero attached hydrogens (tertiary/aromatic N) is 2. The van der Waals surface area contributed by atoms with Crippen molar-refractivity contribution >= 4 is 29.3 Å². The van der Waals surface area contributed by atoms with Crippen LogP contribution in [0.3, 0.4) is 0 Å². The number of allylic oxidation sites excluding steroid dienone is 2. The maximum atomic E-state index is 14.1. The number of hydrogen-bond donors (Lipinski definition) is 1. The molecule has 6 atom stereocenters. The zero-order valence-electron chi connectivity index (χ0n) is 20.3. The van der Waals surface area contributed by atoms with Crippen molar-refractivity contribution < 1.29 is 24.3 Å². The minimum atomic E-state index is -1.09. The molecule has 0 radical (unpaired) electrons. The van der Waals surface area contributed by atoms with E-state index < -0.39 is 29.1 Å². The Morgan fingerprint density at radius 3 is 2.39 bits per heavy atom. The molecule has 0 unspecified atom stereocenters. The Labute approximate surface area is 209 Å². The highest BCUT2D eigenvalue weighted by Gasteiger charge is 2.67. The van der Waals surface area contributed by atoms with Gasteiger partial charge >= 0.3 is 0 Å². The van der Waals surface area contributed by atoms with Crippen LogP contribution in [0.4, 0.5) is 5.69 Å². The van der Waals surface area contributed by atoms with Crippen molar-refractivity contribution in [2.75, 3.05) is 11.4 Å². The van der Waals surface area contributed by atoms with E-state index in [1.165, 1.54) is 9.80 Å². The average Bonchev–Trinajstić information content (AvgIpc) is 3.23. The number of fused-ring (bicyclic) bond motifs is 4. The smallest absolute Gasteiger partial charge is 0.241 e. The second kappa shape index (κ2) is 7.88. The molecule has 3 fully saturated rings. The number of para-hydroxylation sites is 1. The first-order valence-electron chi connectivity index (χ1n) is 12.6. The predicted molar refractivity (Wildman–Crippen MR) is 132 cm³/mol. The van der Waals surface area contributed by atoms with E-state index in [-0.39, 0.29) is 35.3 Å². The highest BCUT2D eigenvalue weighted by atomic mass is 16.3. The first-order chi connectivity index (χ1) is 17.3. The normalized spacial score (nSPS) is 33.4. The van der Waals surface area contributed by atoms with E-state index in [9.17, 15) is 24.3 Å². The molecule has 0 spiro atoms. The molecular weight excluding hydrogens is 456 g/mol. The largest absolute Gasteiger partial charge is 0.508 e. The van der Waals surface area contributed by atoms with E-state index in [2.05, 4.69) is 0 Å². The minimum absolute atomic E-state index is 0.0741. The van der Waals surface area contributed by atoms with Gasteiger partial charge in [-0.25, -0.2) is 4.90 Å². The van der Waals surface area contributed by atoms with Crippen molar-refractivity contribution in [3.05, 3.63) is 71.8 Å². The predicted octanol–water partition coefficient (Wildman–Crippen LogP) is 3.64. The van der Waals surface area contributed by atoms with Gasteiger partial charge in [0.25, 0.3) is 0 Å². The second-order valence-corrected chi connectivity index (χ2v) is 10.5. The maximum absolute atomic E-state index is 14.1. The summed E-state index contributed by atoms with van der Waals surface area (Å²) in [6, 6.07) is 15.7. The van der Waals surface area contributed by atoms with Gasteiger partial charge in [0.15, 0.2) is 0 Å². The van der Waals surface area contributed by atoms with Crippen molar-refractivity contribution in [3.8, 4) is 5.75 Å². The molecule has 6 rings (SSSR count). The number of phenols is 1. The van der Waals surface area contributed by atoms with Crippen molar-refractivity contribution in [2.45, 2.75) is 32.6 Å². The Morgan fingerprint density at radius 1 is 0.944 bits per heavy atom. The van der Waals surface area contributed by atoms with Crippen LogP contribution in [-0.2, 0) is 19.2 Å². The third kappa shape index (κ3) is 2.85. The van der Waals surface area contributed by atoms with Crippen LogP contribution in [0, 0.1) is 29.1 Å². The van der Waals surface area contributed by atoms with Gasteiger partial charge in [-0.05, 0) is 62.4 Å². The lowest BCUT2D eigenvalue weighted by atomic mass is 9.51. The lowest BCUT2D eigenvalue weighted by Crippen LogP contribution is -2.48. The van der Waals surface area contributed by atoms with Gasteiger partial charge < -0.3 is 5.11 Å². The highest BCUT2D eigenvalue weighted by molar-refractivity contribution is 6.24. The molecule has 0 bridgehead atoms. The lowest BCUT2D eigenvalue weighted by Gasteiger charge is -2.49. The van der Waals surface area contributed by atoms with Crippen molar-refractivity contribution in [2.24, 2.45) is 29.1 Å². The monoisotopic (exact) mass is 484 g/mol. The van der Waals surface area contributed by atoms with Crippen LogP contribution in [-0.4, -0.2) is 40.2 Å². The summed E-state index contributed by atoms with van der Waals surface area (Å²) >= 11 is 0. The third-order valence-corrected chi connectivity index (χ3v) is 8.90. The minimum Gasteiger partial charge on any atom is -0.508 e. The van der Waals surface area contributed by atoms with E-state index in [0.29, 0.717) is 25.1 Å². The summed E-state index contributed by atoms with van der Waals surface area (Å²) in [5.74, 6) is -3.25. The molecule has 4 amide bonds. The van der Waals surface area contributed by atoms with Crippen LogP contribution in [0.1, 0.15) is 38.2 Å². The molecule has 0 aromatic heterocycles. The van der Waals surface area contributed by atoms with Crippen molar-refractivity contribution in [1.82, 2.24) is 4.90 Å². The highest BCUT2D eigenvalue weighted by Crippen LogP contribution is 2.63. The number of hydrogen-bond acceptors (Lipinski definition) is 5. The lowest BCUT2D eigenvalue weighted by molar-refractivity contribution is -0.140. The Kier molecular flexibility index (Phi) is 4.97. The number of likely N-dealkylation sites (tertiary alicyclic amines) is 1. The van der Waals surface area contributed by atoms with Crippen LogP contribution in [0.25, 0.3) is 0 Å². The third-order valence-electron chi connectivity index (χ3n) is 8.90. The first kappa shape index (κ1) is 22.7. The molecule has 184 valence electrons. The van der Waals surface area contributed by atoms with E-state index in [1.54, 1.807) is 49.4 Å². The van der Waals surface area contributed by atoms with Gasteiger partial charge in [-0.2, -0.15) is 0 Å². The Hall–Kier alpha value is -3.74. The van der Waals surface area contributed by atoms with E-state index >= 15 is 0 Å². The second-order valence-electron chi connectivity index (χ2n) is 10.5. The summed E-state index contributed by atoms with van der Waals surface area (Å²) in [6.07, 6.45) is 2.79. The molecule has 4 aliphatic rings. The summed E-state index contributed by atoms with van der Waals surface area (Å²) < 4.78 is 0. The SMILES string of the molecule is CCN1C(=O)[C@H]2[C@H](CC=C3[C@H]2C[C@H]2C(=O)N(c4ccccc4)C(=O)[C@@]2(C)[C@H]3c2cccc(O)c2)C1=O. The summed E-state index contributed by atoms with van der Waals surface area (Å²) in [5, 5.41) is 10.3. The Balaban J connectivity index is 1.53. The summed E-state index contributed by atoms with van der Waals surface area (Å²) in [7, 11) is 0. The fraction of sp³-hybridized carbons (Fsp3) is 0.379. The van der Waals surface area contributed by atoms with E-state index in [1.807, 2.05) is 25.1 Å². The van der Waals surface area contributed by atoms with Gasteiger partial charge in [0.2, 0.25) is 23.6 Å². The van der Waals surface area contributed by atoms with E-state index in [4.69, 9.17) is 0 Å². The quantitative estimate of drug-likeness (QED) is 0.530. The van der Waals surface area contributed by atoms with E-state index in [0.717, 1.165) is 11.1 Å². The van der Waals surface area contributed by atoms with Gasteiger partial charge in [0.1, 0.15) is 5.75 Å². The van der Waals surface area contributed by atoms with Crippen LogP contribution in [0.15, 0.2) is 66.2 Å². The number of benzene rings is 2. The van der Waals surface area contributed by atoms with Gasteiger partial charge in [0.05, 0.1) is 28.9 Å². The molecule has 1 saturated carbocycles. The Morgan fingerprint density at radius 2 is 1.69 bits per heavy atom. The van der Waals surface area contributed by atoms with Gasteiger partial charge in [-0.15, -0.1) is 0 Å². The molecule has 7 heteroatoms. The number of amides is 4. The number of anilines is 1. The maximum Gasteiger partial charge on any atom is 0.241 e. The van der Waals surface area contributed by atoms with Gasteiger partial charge in [0, 0.05) is 12.5 Å². The van der Waals surface area contributed by atoms with Crippen LogP contribution >= 0.6 is 0 Å². The average molecular weight is 485 g/mol. The van der Waals surface area contributed by atoms with Crippen molar-refractivity contribution in [3.63, 3.8) is 0 Å². The standard InChI is InChI=1S/C29H28N2O5/c1-3-30-25(33)20-13-12-19-21(23(20)27(30)35)15-22-26(34)31(17-9-5-4-6-10-17)28(36)29(22,2)24(19)16-8-7-11-18(32)14-16/h4-12,14,20-24,32H,3,13,15H2,1-2H3/t20-,21+,22-,23-,24-,29+/m0/s1. The number of aromatic hydroxyl groups is 1. The number of carbonyl (C=O) groups is 4. The molecule has 2 aromatic carbocycles.